The average molecular weight is 522 g/mol. The van der Waals surface area contributed by atoms with Crippen LogP contribution in [0.15, 0.2) is 58.0 Å². The molecule has 1 aromatic carbocycles. The molecule has 9 heteroatoms. The summed E-state index contributed by atoms with van der Waals surface area (Å²) < 4.78 is 22.1. The first-order valence-electron chi connectivity index (χ1n) is 12.7. The largest absolute Gasteiger partial charge is 0.459 e. The second-order valence-corrected chi connectivity index (χ2v) is 9.78. The lowest BCUT2D eigenvalue weighted by molar-refractivity contribution is -0.137. The summed E-state index contributed by atoms with van der Waals surface area (Å²) in [5.41, 5.74) is 4.05. The van der Waals surface area contributed by atoms with Crippen molar-refractivity contribution >= 4 is 29.6 Å². The van der Waals surface area contributed by atoms with Gasteiger partial charge in [0.2, 0.25) is 11.8 Å². The van der Waals surface area contributed by atoms with E-state index in [1.54, 1.807) is 13.2 Å². The molecule has 2 aromatic rings. The Morgan fingerprint density at radius 1 is 1.11 bits per heavy atom. The fourth-order valence-electron chi connectivity index (χ4n) is 6.02. The fraction of sp³-hybridized carbons (Fsp3) is 0.414. The van der Waals surface area contributed by atoms with Gasteiger partial charge in [-0.15, -0.1) is 0 Å². The van der Waals surface area contributed by atoms with Gasteiger partial charge in [-0.25, -0.2) is 4.79 Å². The number of carbonyl (C=O) groups is 3. The van der Waals surface area contributed by atoms with Crippen molar-refractivity contribution in [3.8, 4) is 0 Å². The normalized spacial score (nSPS) is 25.1. The van der Waals surface area contributed by atoms with Gasteiger partial charge in [0.15, 0.2) is 0 Å². The van der Waals surface area contributed by atoms with Gasteiger partial charge in [0.1, 0.15) is 18.1 Å². The Morgan fingerprint density at radius 2 is 1.89 bits per heavy atom. The van der Waals surface area contributed by atoms with Crippen LogP contribution >= 0.6 is 0 Å². The van der Waals surface area contributed by atoms with Gasteiger partial charge in [-0.1, -0.05) is 30.3 Å². The van der Waals surface area contributed by atoms with Gasteiger partial charge in [-0.2, -0.15) is 4.90 Å². The molecule has 2 fully saturated rings. The standard InChI is InChI=1S/C29H31NO8/c1-35-15-19-13-22-26(28(33)30(27(22)32)29(34)36-2)23-16-37-24(25(19)23)11-8-18(17-6-4-3-5-7-17)12-20-9-10-21(14-31)38-20/h3-7,9-10,12,22-24,26,31H,8,11,13-16H2,1-2H3/b18-12-/t22-,23+,24-,26-/m1/s1. The Morgan fingerprint density at radius 3 is 2.58 bits per heavy atom. The molecular weight excluding hydrogens is 490 g/mol. The van der Waals surface area contributed by atoms with Gasteiger partial charge >= 0.3 is 6.09 Å². The van der Waals surface area contributed by atoms with Crippen LogP contribution in [-0.2, 0) is 30.4 Å². The highest BCUT2D eigenvalue weighted by atomic mass is 16.5. The van der Waals surface area contributed by atoms with Crippen molar-refractivity contribution in [1.29, 1.82) is 0 Å². The van der Waals surface area contributed by atoms with Crippen LogP contribution in [0, 0.1) is 17.8 Å². The maximum Gasteiger partial charge on any atom is 0.423 e. The van der Waals surface area contributed by atoms with Crippen molar-refractivity contribution in [1.82, 2.24) is 4.90 Å². The summed E-state index contributed by atoms with van der Waals surface area (Å²) in [6.45, 7) is 0.455. The lowest BCUT2D eigenvalue weighted by atomic mass is 9.69. The summed E-state index contributed by atoms with van der Waals surface area (Å²) in [5, 5.41) is 9.37. The number of furan rings is 1. The highest BCUT2D eigenvalue weighted by Gasteiger charge is 2.58. The molecule has 1 N–H and O–H groups in total. The number of rotatable bonds is 8. The van der Waals surface area contributed by atoms with E-state index in [1.807, 2.05) is 42.5 Å². The number of imide groups is 3. The first kappa shape index (κ1) is 26.1. The van der Waals surface area contributed by atoms with E-state index in [9.17, 15) is 19.5 Å². The number of fused-ring (bicyclic) bond motifs is 3. The molecule has 3 aliphatic rings. The third-order valence-corrected chi connectivity index (χ3v) is 7.66. The van der Waals surface area contributed by atoms with Crippen molar-refractivity contribution < 1.29 is 38.1 Å². The Bertz CT molecular complexity index is 1280. The van der Waals surface area contributed by atoms with Gasteiger partial charge < -0.3 is 23.7 Å². The topological polar surface area (TPSA) is 116 Å². The molecule has 200 valence electrons. The van der Waals surface area contributed by atoms with E-state index in [4.69, 9.17) is 18.6 Å². The SMILES string of the molecule is COCC1=C2[C@@H](CC/C(=C/c3ccc(CO)o3)c3ccccc3)OC[C@@H]2[C@@H]2C(=O)N(C(=O)OC)C(=O)[C@@H]2C1. The summed E-state index contributed by atoms with van der Waals surface area (Å²) in [5.74, 6) is -1.45. The molecule has 0 radical (unpaired) electrons. The zero-order valence-corrected chi connectivity index (χ0v) is 21.4. The summed E-state index contributed by atoms with van der Waals surface area (Å²) in [6, 6.07) is 13.5. The van der Waals surface area contributed by atoms with Gasteiger partial charge in [-0.05, 0) is 59.8 Å². The minimum Gasteiger partial charge on any atom is -0.459 e. The molecule has 3 heterocycles. The van der Waals surface area contributed by atoms with Gasteiger partial charge in [0.05, 0.1) is 38.3 Å². The van der Waals surface area contributed by atoms with Gasteiger partial charge in [-0.3, -0.25) is 9.59 Å². The number of hydrogen-bond acceptors (Lipinski definition) is 8. The number of likely N-dealkylation sites (tertiary alicyclic amines) is 1. The molecule has 9 nitrogen and oxygen atoms in total. The molecule has 2 saturated heterocycles. The predicted octanol–water partition coefficient (Wildman–Crippen LogP) is 3.82. The summed E-state index contributed by atoms with van der Waals surface area (Å²) >= 11 is 0. The smallest absolute Gasteiger partial charge is 0.423 e. The van der Waals surface area contributed by atoms with E-state index in [0.717, 1.165) is 29.4 Å². The van der Waals surface area contributed by atoms with Crippen molar-refractivity contribution in [2.75, 3.05) is 27.4 Å². The molecule has 0 unspecified atom stereocenters. The maximum atomic E-state index is 13.2. The van der Waals surface area contributed by atoms with Gasteiger partial charge in [0, 0.05) is 13.0 Å². The number of benzene rings is 1. The lowest BCUT2D eigenvalue weighted by Gasteiger charge is -2.31. The Kier molecular flexibility index (Phi) is 7.60. The molecule has 1 aliphatic carbocycles. The Balaban J connectivity index is 1.42. The van der Waals surface area contributed by atoms with E-state index in [-0.39, 0.29) is 18.6 Å². The quantitative estimate of drug-likeness (QED) is 0.412. The molecule has 1 aromatic heterocycles. The first-order valence-corrected chi connectivity index (χ1v) is 12.7. The lowest BCUT2D eigenvalue weighted by Crippen LogP contribution is -2.38. The van der Waals surface area contributed by atoms with E-state index in [2.05, 4.69) is 0 Å². The monoisotopic (exact) mass is 521 g/mol. The molecular formula is C29H31NO8. The van der Waals surface area contributed by atoms with E-state index < -0.39 is 29.7 Å². The van der Waals surface area contributed by atoms with Crippen LogP contribution in [0.1, 0.15) is 36.3 Å². The van der Waals surface area contributed by atoms with E-state index >= 15 is 0 Å². The summed E-state index contributed by atoms with van der Waals surface area (Å²) in [7, 11) is 2.76. The summed E-state index contributed by atoms with van der Waals surface area (Å²) in [6.07, 6.45) is 2.43. The Hall–Kier alpha value is -3.53. The van der Waals surface area contributed by atoms with Crippen LogP contribution < -0.4 is 0 Å². The number of allylic oxidation sites excluding steroid dienone is 1. The number of hydrogen-bond donors (Lipinski definition) is 1. The number of amides is 3. The fourth-order valence-corrected chi connectivity index (χ4v) is 6.02. The number of aliphatic hydroxyl groups excluding tert-OH is 1. The number of nitrogens with zero attached hydrogens (tertiary/aromatic N) is 1. The third kappa shape index (κ3) is 4.73. The summed E-state index contributed by atoms with van der Waals surface area (Å²) in [4.78, 5) is 39.0. The van der Waals surface area contributed by atoms with Crippen LogP contribution in [0.4, 0.5) is 4.79 Å². The average Bonchev–Trinajstić information content (AvgIpc) is 3.63. The van der Waals surface area contributed by atoms with Gasteiger partial charge in [0.25, 0.3) is 0 Å². The second kappa shape index (κ2) is 11.1. The predicted molar refractivity (Wildman–Crippen MR) is 136 cm³/mol. The minimum absolute atomic E-state index is 0.168. The third-order valence-electron chi connectivity index (χ3n) is 7.66. The zero-order chi connectivity index (χ0) is 26.8. The number of methoxy groups -OCH3 is 2. The number of carbonyl (C=O) groups excluding carboxylic acids is 3. The van der Waals surface area contributed by atoms with Crippen LogP contribution in [0.5, 0.6) is 0 Å². The molecule has 3 amide bonds. The Labute approximate surface area is 220 Å². The molecule has 38 heavy (non-hydrogen) atoms. The minimum atomic E-state index is -0.945. The molecule has 5 rings (SSSR count). The van der Waals surface area contributed by atoms with Crippen LogP contribution in [0.25, 0.3) is 11.6 Å². The number of aliphatic hydroxyl groups is 1. The van der Waals surface area contributed by atoms with Crippen LogP contribution in [0.3, 0.4) is 0 Å². The highest BCUT2D eigenvalue weighted by Crippen LogP contribution is 2.50. The number of ether oxygens (including phenoxy) is 3. The molecule has 4 atom stereocenters. The highest BCUT2D eigenvalue weighted by molar-refractivity contribution is 6.16. The molecule has 0 saturated carbocycles. The molecule has 0 spiro atoms. The van der Waals surface area contributed by atoms with E-state index in [1.165, 1.54) is 0 Å². The van der Waals surface area contributed by atoms with Crippen molar-refractivity contribution in [3.63, 3.8) is 0 Å². The molecule has 0 bridgehead atoms. The van der Waals surface area contributed by atoms with Crippen molar-refractivity contribution in [2.45, 2.75) is 32.0 Å². The first-order chi connectivity index (χ1) is 18.5. The zero-order valence-electron chi connectivity index (χ0n) is 21.4. The molecule has 2 aliphatic heterocycles. The van der Waals surface area contributed by atoms with Crippen LogP contribution in [0.2, 0.25) is 0 Å². The second-order valence-electron chi connectivity index (χ2n) is 9.78. The maximum absolute atomic E-state index is 13.2. The van der Waals surface area contributed by atoms with Crippen LogP contribution in [-0.4, -0.2) is 61.5 Å². The van der Waals surface area contributed by atoms with Crippen molar-refractivity contribution in [3.05, 3.63) is 70.7 Å². The van der Waals surface area contributed by atoms with Crippen molar-refractivity contribution in [2.24, 2.45) is 17.8 Å². The van der Waals surface area contributed by atoms with E-state index in [0.29, 0.717) is 48.9 Å².